The predicted octanol–water partition coefficient (Wildman–Crippen LogP) is 2.71. The minimum Gasteiger partial charge on any atom is -0.384 e. The Bertz CT molecular complexity index is 819. The standard InChI is InChI=1S/C15H16F3N3O2S/c1-10-2-3-11(9-21-10)6-7-20-14-5-4-12(24(19,22)23)8-13(14)15(16,17)18/h2-5,8-9,20H,6-7H2,1H3,(H2,19,22,23). The maximum absolute atomic E-state index is 13.1. The van der Waals surface area contributed by atoms with Gasteiger partial charge in [0, 0.05) is 24.1 Å². The lowest BCUT2D eigenvalue weighted by molar-refractivity contribution is -0.137. The van der Waals surface area contributed by atoms with Crippen LogP contribution < -0.4 is 10.5 Å². The predicted molar refractivity (Wildman–Crippen MR) is 84.0 cm³/mol. The summed E-state index contributed by atoms with van der Waals surface area (Å²) in [6.07, 6.45) is -2.57. The molecular weight excluding hydrogens is 343 g/mol. The van der Waals surface area contributed by atoms with Crippen LogP contribution in [0.15, 0.2) is 41.4 Å². The number of nitrogens with two attached hydrogens (primary N) is 1. The van der Waals surface area contributed by atoms with Gasteiger partial charge in [-0.3, -0.25) is 4.98 Å². The number of aromatic nitrogens is 1. The smallest absolute Gasteiger partial charge is 0.384 e. The number of pyridine rings is 1. The highest BCUT2D eigenvalue weighted by molar-refractivity contribution is 7.89. The second kappa shape index (κ2) is 6.78. The van der Waals surface area contributed by atoms with Gasteiger partial charge in [-0.2, -0.15) is 13.2 Å². The van der Waals surface area contributed by atoms with Crippen molar-refractivity contribution in [1.29, 1.82) is 0 Å². The van der Waals surface area contributed by atoms with E-state index in [0.717, 1.165) is 23.4 Å². The maximum atomic E-state index is 13.1. The first-order valence-corrected chi connectivity index (χ1v) is 8.51. The highest BCUT2D eigenvalue weighted by atomic mass is 32.2. The summed E-state index contributed by atoms with van der Waals surface area (Å²) in [7, 11) is -4.21. The number of alkyl halides is 3. The summed E-state index contributed by atoms with van der Waals surface area (Å²) in [5.41, 5.74) is 0.457. The molecule has 9 heteroatoms. The van der Waals surface area contributed by atoms with Crippen LogP contribution in [0.5, 0.6) is 0 Å². The first-order valence-electron chi connectivity index (χ1n) is 6.97. The van der Waals surface area contributed by atoms with Crippen molar-refractivity contribution in [2.45, 2.75) is 24.4 Å². The number of anilines is 1. The highest BCUT2D eigenvalue weighted by Gasteiger charge is 2.34. The molecule has 2 aromatic rings. The first-order chi connectivity index (χ1) is 11.1. The van der Waals surface area contributed by atoms with Crippen molar-refractivity contribution in [3.8, 4) is 0 Å². The number of benzene rings is 1. The Hall–Kier alpha value is -2.13. The molecule has 1 aromatic heterocycles. The van der Waals surface area contributed by atoms with E-state index in [1.165, 1.54) is 0 Å². The lowest BCUT2D eigenvalue weighted by atomic mass is 10.1. The lowest BCUT2D eigenvalue weighted by Crippen LogP contribution is -2.17. The highest BCUT2D eigenvalue weighted by Crippen LogP contribution is 2.36. The molecule has 0 aliphatic rings. The van der Waals surface area contributed by atoms with E-state index < -0.39 is 26.7 Å². The summed E-state index contributed by atoms with van der Waals surface area (Å²) in [5, 5.41) is 7.56. The second-order valence-corrected chi connectivity index (χ2v) is 6.80. The molecule has 0 atom stereocenters. The van der Waals surface area contributed by atoms with E-state index in [1.54, 1.807) is 6.20 Å². The van der Waals surface area contributed by atoms with Crippen molar-refractivity contribution < 1.29 is 21.6 Å². The third kappa shape index (κ3) is 4.68. The molecule has 3 N–H and O–H groups in total. The van der Waals surface area contributed by atoms with Gasteiger partial charge in [0.25, 0.3) is 0 Å². The molecule has 0 amide bonds. The monoisotopic (exact) mass is 359 g/mol. The van der Waals surface area contributed by atoms with Crippen molar-refractivity contribution in [1.82, 2.24) is 4.98 Å². The van der Waals surface area contributed by atoms with Gasteiger partial charge in [-0.25, -0.2) is 13.6 Å². The Labute approximate surface area is 137 Å². The van der Waals surface area contributed by atoms with E-state index >= 15 is 0 Å². The third-order valence-electron chi connectivity index (χ3n) is 3.33. The van der Waals surface area contributed by atoms with Crippen LogP contribution >= 0.6 is 0 Å². The van der Waals surface area contributed by atoms with Crippen molar-refractivity contribution in [3.63, 3.8) is 0 Å². The molecule has 0 saturated heterocycles. The van der Waals surface area contributed by atoms with Crippen LogP contribution in [-0.2, 0) is 22.6 Å². The molecule has 0 unspecified atom stereocenters. The van der Waals surface area contributed by atoms with Gasteiger partial charge in [0.05, 0.1) is 10.5 Å². The number of hydrogen-bond acceptors (Lipinski definition) is 4. The Balaban J connectivity index is 2.18. The van der Waals surface area contributed by atoms with Crippen LogP contribution in [0, 0.1) is 6.92 Å². The number of rotatable bonds is 5. The van der Waals surface area contributed by atoms with Crippen LogP contribution in [-0.4, -0.2) is 19.9 Å². The van der Waals surface area contributed by atoms with Gasteiger partial charge in [0.1, 0.15) is 0 Å². The summed E-state index contributed by atoms with van der Waals surface area (Å²) >= 11 is 0. The molecule has 0 aliphatic heterocycles. The second-order valence-electron chi connectivity index (χ2n) is 5.23. The Morgan fingerprint density at radius 2 is 1.92 bits per heavy atom. The van der Waals surface area contributed by atoms with Gasteiger partial charge >= 0.3 is 6.18 Å². The Kier molecular flexibility index (Phi) is 5.14. The zero-order valence-electron chi connectivity index (χ0n) is 12.8. The summed E-state index contributed by atoms with van der Waals surface area (Å²) in [6, 6.07) is 6.30. The molecule has 5 nitrogen and oxygen atoms in total. The molecular formula is C15H16F3N3O2S. The number of aryl methyl sites for hydroxylation is 1. The van der Waals surface area contributed by atoms with E-state index in [1.807, 2.05) is 19.1 Å². The number of primary sulfonamides is 1. The molecule has 0 aliphatic carbocycles. The largest absolute Gasteiger partial charge is 0.418 e. The molecule has 2 rings (SSSR count). The minimum absolute atomic E-state index is 0.199. The van der Waals surface area contributed by atoms with E-state index in [4.69, 9.17) is 5.14 Å². The average Bonchev–Trinajstić information content (AvgIpc) is 2.47. The maximum Gasteiger partial charge on any atom is 0.418 e. The van der Waals surface area contributed by atoms with Crippen LogP contribution in [0.4, 0.5) is 18.9 Å². The fourth-order valence-corrected chi connectivity index (χ4v) is 2.62. The van der Waals surface area contributed by atoms with E-state index in [9.17, 15) is 21.6 Å². The van der Waals surface area contributed by atoms with Crippen LogP contribution in [0.3, 0.4) is 0 Å². The molecule has 24 heavy (non-hydrogen) atoms. The molecule has 130 valence electrons. The van der Waals surface area contributed by atoms with Crippen LogP contribution in [0.25, 0.3) is 0 Å². The molecule has 1 aromatic carbocycles. The van der Waals surface area contributed by atoms with E-state index in [2.05, 4.69) is 10.3 Å². The van der Waals surface area contributed by atoms with Gasteiger partial charge in [0.2, 0.25) is 10.0 Å². The Morgan fingerprint density at radius 1 is 1.21 bits per heavy atom. The van der Waals surface area contributed by atoms with Gasteiger partial charge in [-0.15, -0.1) is 0 Å². The number of hydrogen-bond donors (Lipinski definition) is 2. The number of nitrogens with zero attached hydrogens (tertiary/aromatic N) is 1. The normalized spacial score (nSPS) is 12.2. The average molecular weight is 359 g/mol. The first kappa shape index (κ1) is 18.2. The molecule has 0 radical (unpaired) electrons. The summed E-state index contributed by atoms with van der Waals surface area (Å²) in [4.78, 5) is 3.53. The van der Waals surface area contributed by atoms with Gasteiger partial charge in [-0.1, -0.05) is 6.07 Å². The summed E-state index contributed by atoms with van der Waals surface area (Å²) in [5.74, 6) is 0. The quantitative estimate of drug-likeness (QED) is 0.860. The molecule has 0 spiro atoms. The zero-order chi connectivity index (χ0) is 18.0. The van der Waals surface area contributed by atoms with Crippen LogP contribution in [0.2, 0.25) is 0 Å². The Morgan fingerprint density at radius 3 is 2.46 bits per heavy atom. The van der Waals surface area contributed by atoms with E-state index in [0.29, 0.717) is 12.5 Å². The van der Waals surface area contributed by atoms with Crippen molar-refractivity contribution in [2.75, 3.05) is 11.9 Å². The topological polar surface area (TPSA) is 85.1 Å². The van der Waals surface area contributed by atoms with Crippen molar-refractivity contribution >= 4 is 15.7 Å². The molecule has 0 bridgehead atoms. The van der Waals surface area contributed by atoms with Gasteiger partial charge in [0.15, 0.2) is 0 Å². The van der Waals surface area contributed by atoms with Gasteiger partial charge in [-0.05, 0) is 43.2 Å². The lowest BCUT2D eigenvalue weighted by Gasteiger charge is -2.15. The third-order valence-corrected chi connectivity index (χ3v) is 4.24. The van der Waals surface area contributed by atoms with Crippen LogP contribution in [0.1, 0.15) is 16.8 Å². The fraction of sp³-hybridized carbons (Fsp3) is 0.267. The molecule has 0 saturated carbocycles. The fourth-order valence-electron chi connectivity index (χ4n) is 2.08. The van der Waals surface area contributed by atoms with Gasteiger partial charge < -0.3 is 5.32 Å². The summed E-state index contributed by atoms with van der Waals surface area (Å²) < 4.78 is 61.8. The number of nitrogens with one attached hydrogen (secondary N) is 1. The molecule has 0 fully saturated rings. The number of halogens is 3. The van der Waals surface area contributed by atoms with Crippen molar-refractivity contribution in [2.24, 2.45) is 5.14 Å². The zero-order valence-corrected chi connectivity index (χ0v) is 13.6. The SMILES string of the molecule is Cc1ccc(CCNc2ccc(S(N)(=O)=O)cc2C(F)(F)F)cn1. The summed E-state index contributed by atoms with van der Waals surface area (Å²) in [6.45, 7) is 2.08. The number of sulfonamides is 1. The van der Waals surface area contributed by atoms with E-state index in [-0.39, 0.29) is 12.2 Å². The molecule has 1 heterocycles. The minimum atomic E-state index is -4.70. The van der Waals surface area contributed by atoms with Crippen molar-refractivity contribution in [3.05, 3.63) is 53.3 Å².